The summed E-state index contributed by atoms with van der Waals surface area (Å²) in [6, 6.07) is 14.8. The van der Waals surface area contributed by atoms with Crippen LogP contribution in [0.25, 0.3) is 0 Å². The molecule has 3 aromatic rings. The second-order valence-corrected chi connectivity index (χ2v) is 14.5. The Labute approximate surface area is 281 Å². The lowest BCUT2D eigenvalue weighted by Crippen LogP contribution is -2.58. The summed E-state index contributed by atoms with van der Waals surface area (Å²) in [5.41, 5.74) is -0.307. The minimum Gasteiger partial charge on any atom is -0.497 e. The van der Waals surface area contributed by atoms with Crippen LogP contribution in [0.15, 0.2) is 65.6 Å². The summed E-state index contributed by atoms with van der Waals surface area (Å²) < 4.78 is 40.7. The summed E-state index contributed by atoms with van der Waals surface area (Å²) in [6.45, 7) is 2.51. The highest BCUT2D eigenvalue weighted by atomic mass is 35.5. The molecule has 2 atom stereocenters. The van der Waals surface area contributed by atoms with Gasteiger partial charge >= 0.3 is 5.97 Å². The van der Waals surface area contributed by atoms with Crippen molar-refractivity contribution in [1.29, 1.82) is 0 Å². The van der Waals surface area contributed by atoms with E-state index in [1.54, 1.807) is 17.0 Å². The van der Waals surface area contributed by atoms with Gasteiger partial charge in [0.25, 0.3) is 15.9 Å². The van der Waals surface area contributed by atoms with Gasteiger partial charge in [-0.1, -0.05) is 17.7 Å². The zero-order valence-electron chi connectivity index (χ0n) is 27.3. The number of methoxy groups -OCH3 is 2. The second kappa shape index (κ2) is 13.8. The van der Waals surface area contributed by atoms with E-state index in [0.29, 0.717) is 30.0 Å². The van der Waals surface area contributed by atoms with Crippen LogP contribution in [0.5, 0.6) is 11.5 Å². The van der Waals surface area contributed by atoms with Crippen molar-refractivity contribution in [1.82, 2.24) is 14.7 Å². The van der Waals surface area contributed by atoms with E-state index in [-0.39, 0.29) is 34.1 Å². The molecule has 1 fully saturated rings. The van der Waals surface area contributed by atoms with Crippen LogP contribution in [-0.2, 0) is 31.7 Å². The number of carboxylic acids is 1. The van der Waals surface area contributed by atoms with Gasteiger partial charge in [0.1, 0.15) is 17.5 Å². The highest BCUT2D eigenvalue weighted by Crippen LogP contribution is 2.55. The summed E-state index contributed by atoms with van der Waals surface area (Å²) in [4.78, 5) is 33.8. The number of aliphatic carboxylic acids is 1. The lowest BCUT2D eigenvalue weighted by molar-refractivity contribution is -0.145. The summed E-state index contributed by atoms with van der Waals surface area (Å²) in [5.74, 6) is -1.16. The molecule has 11 nitrogen and oxygen atoms in total. The molecule has 0 aliphatic carbocycles. The van der Waals surface area contributed by atoms with Crippen molar-refractivity contribution in [3.8, 4) is 11.5 Å². The van der Waals surface area contributed by atoms with Gasteiger partial charge in [0.05, 0.1) is 24.8 Å². The summed E-state index contributed by atoms with van der Waals surface area (Å²) >= 11 is 6.58. The number of carbonyl (C=O) groups is 2. The van der Waals surface area contributed by atoms with Crippen LogP contribution in [0.1, 0.15) is 36.0 Å². The van der Waals surface area contributed by atoms with E-state index in [0.717, 1.165) is 29.4 Å². The quantitative estimate of drug-likeness (QED) is 0.280. The number of sulfonamides is 1. The Balaban J connectivity index is 1.74. The largest absolute Gasteiger partial charge is 0.497 e. The number of fused-ring (bicyclic) bond motifs is 1. The number of hydrogen-bond donors (Lipinski definition) is 1. The van der Waals surface area contributed by atoms with Crippen molar-refractivity contribution >= 4 is 39.2 Å². The Morgan fingerprint density at radius 1 is 1.00 bits per heavy atom. The van der Waals surface area contributed by atoms with E-state index in [1.165, 1.54) is 50.6 Å². The molecule has 252 valence electrons. The van der Waals surface area contributed by atoms with E-state index in [9.17, 15) is 18.3 Å². The normalized spacial score (nSPS) is 19.9. The molecule has 1 N–H and O–H groups in total. The van der Waals surface area contributed by atoms with Crippen LogP contribution >= 0.6 is 11.6 Å². The minimum atomic E-state index is -4.49. The molecule has 0 saturated carbocycles. The van der Waals surface area contributed by atoms with E-state index in [4.69, 9.17) is 21.1 Å². The van der Waals surface area contributed by atoms with Crippen LogP contribution < -0.4 is 13.8 Å². The topological polar surface area (TPSA) is 120 Å². The van der Waals surface area contributed by atoms with Gasteiger partial charge in [-0.15, -0.1) is 0 Å². The molecule has 47 heavy (non-hydrogen) atoms. The smallest absolute Gasteiger partial charge is 0.320 e. The highest BCUT2D eigenvalue weighted by molar-refractivity contribution is 7.93. The Kier molecular flexibility index (Phi) is 10.2. The Hall–Kier alpha value is -3.68. The number of ether oxygens (including phenoxy) is 2. The predicted octanol–water partition coefficient (Wildman–Crippen LogP) is 4.27. The summed E-state index contributed by atoms with van der Waals surface area (Å²) in [5, 5.41) is 10.7. The number of rotatable bonds is 13. The predicted molar refractivity (Wildman–Crippen MR) is 180 cm³/mol. The number of carboxylic acid groups (broad SMARTS) is 1. The van der Waals surface area contributed by atoms with Crippen LogP contribution in [0.3, 0.4) is 0 Å². The van der Waals surface area contributed by atoms with Gasteiger partial charge in [-0.2, -0.15) is 0 Å². The highest BCUT2D eigenvalue weighted by Gasteiger charge is 2.63. The Bertz CT molecular complexity index is 1750. The van der Waals surface area contributed by atoms with E-state index < -0.39 is 33.5 Å². The van der Waals surface area contributed by atoms with Gasteiger partial charge in [0.15, 0.2) is 5.54 Å². The first-order valence-corrected chi connectivity index (χ1v) is 17.2. The average molecular weight is 685 g/mol. The van der Waals surface area contributed by atoms with Crippen molar-refractivity contribution < 1.29 is 32.6 Å². The number of benzene rings is 3. The third kappa shape index (κ3) is 6.32. The van der Waals surface area contributed by atoms with Gasteiger partial charge in [0, 0.05) is 29.2 Å². The summed E-state index contributed by atoms with van der Waals surface area (Å²) in [7, 11) is 4.52. The molecule has 0 aromatic heterocycles. The summed E-state index contributed by atoms with van der Waals surface area (Å²) in [6.07, 6.45) is 1.72. The van der Waals surface area contributed by atoms with E-state index >= 15 is 4.79 Å². The van der Waals surface area contributed by atoms with Crippen LogP contribution in [0, 0.1) is 0 Å². The number of likely N-dealkylation sites (tertiary alicyclic amines) is 1. The first-order valence-electron chi connectivity index (χ1n) is 15.4. The maximum absolute atomic E-state index is 15.3. The number of anilines is 1. The fourth-order valence-corrected chi connectivity index (χ4v) is 8.37. The van der Waals surface area contributed by atoms with E-state index in [2.05, 4.69) is 9.80 Å². The fraction of sp³-hybridized carbons (Fsp3) is 0.412. The average Bonchev–Trinajstić information content (AvgIpc) is 3.62. The molecule has 2 heterocycles. The third-order valence-electron chi connectivity index (χ3n) is 8.88. The monoisotopic (exact) mass is 684 g/mol. The van der Waals surface area contributed by atoms with Crippen molar-refractivity contribution in [3.63, 3.8) is 0 Å². The van der Waals surface area contributed by atoms with Gasteiger partial charge in [-0.05, 0) is 114 Å². The molecule has 5 rings (SSSR count). The minimum absolute atomic E-state index is 0.0968. The molecule has 1 amide bonds. The Morgan fingerprint density at radius 2 is 1.72 bits per heavy atom. The first-order chi connectivity index (χ1) is 22.4. The van der Waals surface area contributed by atoms with Crippen LogP contribution in [0.2, 0.25) is 5.02 Å². The lowest BCUT2D eigenvalue weighted by atomic mass is 9.80. The van der Waals surface area contributed by atoms with Crippen LogP contribution in [0.4, 0.5) is 5.69 Å². The number of amides is 1. The molecule has 13 heteroatoms. The van der Waals surface area contributed by atoms with Crippen LogP contribution in [-0.4, -0.2) is 101 Å². The molecular formula is C34H41ClN4O7S. The molecule has 0 radical (unpaired) electrons. The zero-order chi connectivity index (χ0) is 34.1. The fourth-order valence-electron chi connectivity index (χ4n) is 6.74. The van der Waals surface area contributed by atoms with Gasteiger partial charge in [0.2, 0.25) is 0 Å². The van der Waals surface area contributed by atoms with E-state index in [1.807, 2.05) is 33.3 Å². The number of hydrogen-bond acceptors (Lipinski definition) is 9. The lowest BCUT2D eigenvalue weighted by Gasteiger charge is -2.41. The zero-order valence-corrected chi connectivity index (χ0v) is 28.8. The SMILES string of the molecule is COc1ccc(S(=O)(=O)N2C(=O)C(c3cc(CN(C)CCCN(C)C)ccc3OC)(N3CCC[C@H]3C(=O)O)c3cc(Cl)ccc32)cc1. The van der Waals surface area contributed by atoms with Crippen molar-refractivity contribution in [2.24, 2.45) is 0 Å². The molecule has 2 aliphatic rings. The van der Waals surface area contributed by atoms with Gasteiger partial charge < -0.3 is 24.4 Å². The molecule has 1 unspecified atom stereocenters. The number of carbonyl (C=O) groups excluding carboxylic acids is 1. The van der Waals surface area contributed by atoms with Crippen molar-refractivity contribution in [2.45, 2.75) is 42.3 Å². The standard InChI is InChI=1S/C34H41ClN4O7S/c1-36(2)17-7-18-37(3)22-23-9-16-31(46-5)28(20-23)34(38-19-6-8-30(38)32(40)41)27-21-24(35)10-15-29(27)39(33(34)42)47(43,44)26-13-11-25(45-4)12-14-26/h9-16,20-21,30H,6-8,17-19,22H2,1-5H3,(H,40,41)/t30-,34?/m0/s1. The molecule has 3 aromatic carbocycles. The maximum atomic E-state index is 15.3. The van der Waals surface area contributed by atoms with Crippen molar-refractivity contribution in [3.05, 3.63) is 82.4 Å². The molecule has 1 saturated heterocycles. The molecule has 0 spiro atoms. The second-order valence-electron chi connectivity index (χ2n) is 12.2. The number of nitrogens with zero attached hydrogens (tertiary/aromatic N) is 4. The first kappa shape index (κ1) is 34.6. The Morgan fingerprint density at radius 3 is 2.36 bits per heavy atom. The molecule has 0 bridgehead atoms. The van der Waals surface area contributed by atoms with Crippen molar-refractivity contribution in [2.75, 3.05) is 59.3 Å². The third-order valence-corrected chi connectivity index (χ3v) is 10.8. The molecule has 2 aliphatic heterocycles. The van der Waals surface area contributed by atoms with Gasteiger partial charge in [-0.25, -0.2) is 12.7 Å². The van der Waals surface area contributed by atoms with Gasteiger partial charge in [-0.3, -0.25) is 14.5 Å². The maximum Gasteiger partial charge on any atom is 0.320 e. The number of halogens is 1. The molecular weight excluding hydrogens is 644 g/mol.